The monoisotopic (exact) mass is 345 g/mol. The summed E-state index contributed by atoms with van der Waals surface area (Å²) >= 11 is 0. The van der Waals surface area contributed by atoms with Gasteiger partial charge in [0.1, 0.15) is 18.5 Å². The Balaban J connectivity index is 1.63. The van der Waals surface area contributed by atoms with Crippen LogP contribution < -0.4 is 10.1 Å². The molecule has 0 radical (unpaired) electrons. The van der Waals surface area contributed by atoms with Crippen LogP contribution >= 0.6 is 0 Å². The van der Waals surface area contributed by atoms with E-state index in [4.69, 9.17) is 18.8 Å². The number of epoxide rings is 1. The zero-order valence-corrected chi connectivity index (χ0v) is 13.4. The van der Waals surface area contributed by atoms with E-state index in [1.54, 1.807) is 24.3 Å². The van der Waals surface area contributed by atoms with E-state index in [1.807, 2.05) is 6.92 Å². The van der Waals surface area contributed by atoms with Crippen LogP contribution in [0.3, 0.4) is 0 Å². The Morgan fingerprint density at radius 1 is 1.35 bits per heavy atom. The number of benzene rings is 1. The second kappa shape index (κ2) is 7.62. The molecule has 1 fully saturated rings. The van der Waals surface area contributed by atoms with Crippen molar-refractivity contribution in [3.63, 3.8) is 0 Å². The van der Waals surface area contributed by atoms with Crippen molar-refractivity contribution in [2.24, 2.45) is 0 Å². The lowest BCUT2D eigenvalue weighted by Gasteiger charge is -2.07. The second-order valence-corrected chi connectivity index (χ2v) is 6.69. The van der Waals surface area contributed by atoms with Crippen molar-refractivity contribution >= 4 is 16.2 Å². The SMILES string of the molecule is C[C@H]1OC1Oc1ccc(COC(=O)NCCCS(=O)(=O)O)cc1. The van der Waals surface area contributed by atoms with Gasteiger partial charge in [-0.2, -0.15) is 8.42 Å². The standard InChI is InChI=1S/C14H19NO7S/c1-10-13(21-10)22-12-5-3-11(4-6-12)9-20-14(16)15-7-2-8-23(17,18)19/h3-6,10,13H,2,7-9H2,1H3,(H,15,16)(H,17,18,19)/t10-,13?/m1/s1. The second-order valence-electron chi connectivity index (χ2n) is 5.11. The molecule has 1 heterocycles. The summed E-state index contributed by atoms with van der Waals surface area (Å²) in [5.41, 5.74) is 0.787. The van der Waals surface area contributed by atoms with Gasteiger partial charge < -0.3 is 19.5 Å². The summed E-state index contributed by atoms with van der Waals surface area (Å²) in [5, 5.41) is 2.40. The van der Waals surface area contributed by atoms with Crippen LogP contribution in [0.2, 0.25) is 0 Å². The van der Waals surface area contributed by atoms with Crippen LogP contribution in [-0.4, -0.2) is 43.8 Å². The summed E-state index contributed by atoms with van der Waals surface area (Å²) in [6.45, 7) is 2.10. The van der Waals surface area contributed by atoms with Gasteiger partial charge in [-0.3, -0.25) is 4.55 Å². The fourth-order valence-electron chi connectivity index (χ4n) is 1.73. The fourth-order valence-corrected chi connectivity index (χ4v) is 2.24. The molecule has 9 heteroatoms. The average molecular weight is 345 g/mol. The van der Waals surface area contributed by atoms with E-state index in [2.05, 4.69) is 5.32 Å². The Bertz CT molecular complexity index is 629. The first-order valence-corrected chi connectivity index (χ1v) is 8.71. The molecule has 8 nitrogen and oxygen atoms in total. The van der Waals surface area contributed by atoms with E-state index in [-0.39, 0.29) is 32.0 Å². The van der Waals surface area contributed by atoms with E-state index in [0.29, 0.717) is 5.75 Å². The lowest BCUT2D eigenvalue weighted by Crippen LogP contribution is -2.26. The minimum absolute atomic E-state index is 0.0841. The molecule has 1 saturated heterocycles. The van der Waals surface area contributed by atoms with Gasteiger partial charge in [-0.05, 0) is 31.0 Å². The summed E-state index contributed by atoms with van der Waals surface area (Å²) in [6.07, 6.45) is -0.615. The van der Waals surface area contributed by atoms with Crippen LogP contribution in [-0.2, 0) is 26.2 Å². The molecular weight excluding hydrogens is 326 g/mol. The summed E-state index contributed by atoms with van der Waals surface area (Å²) in [5.74, 6) is 0.274. The van der Waals surface area contributed by atoms with Crippen molar-refractivity contribution in [1.82, 2.24) is 5.32 Å². The van der Waals surface area contributed by atoms with Crippen LogP contribution in [0.25, 0.3) is 0 Å². The zero-order valence-electron chi connectivity index (χ0n) is 12.6. The van der Waals surface area contributed by atoms with Crippen molar-refractivity contribution in [1.29, 1.82) is 0 Å². The maximum atomic E-state index is 11.4. The average Bonchev–Trinajstić information content (AvgIpc) is 3.17. The van der Waals surface area contributed by atoms with Gasteiger partial charge in [0, 0.05) is 6.54 Å². The third-order valence-corrected chi connectivity index (χ3v) is 3.85. The number of ether oxygens (including phenoxy) is 3. The number of rotatable bonds is 8. The summed E-state index contributed by atoms with van der Waals surface area (Å²) in [7, 11) is -4.00. The minimum Gasteiger partial charge on any atom is -0.462 e. The minimum atomic E-state index is -4.00. The number of amides is 1. The third-order valence-electron chi connectivity index (χ3n) is 3.05. The Morgan fingerprint density at radius 3 is 2.57 bits per heavy atom. The highest BCUT2D eigenvalue weighted by Gasteiger charge is 2.36. The molecule has 2 rings (SSSR count). The molecule has 2 atom stereocenters. The number of hydrogen-bond donors (Lipinski definition) is 2. The molecule has 23 heavy (non-hydrogen) atoms. The van der Waals surface area contributed by atoms with Crippen LogP contribution in [0, 0.1) is 0 Å². The lowest BCUT2D eigenvalue weighted by molar-refractivity contribution is 0.139. The number of nitrogens with one attached hydrogen (secondary N) is 1. The van der Waals surface area contributed by atoms with Gasteiger partial charge in [0.2, 0.25) is 6.29 Å². The Morgan fingerprint density at radius 2 is 2.00 bits per heavy atom. The largest absolute Gasteiger partial charge is 0.462 e. The Labute approximate surface area is 134 Å². The summed E-state index contributed by atoms with van der Waals surface area (Å²) in [4.78, 5) is 11.4. The molecule has 0 aromatic heterocycles. The molecule has 0 bridgehead atoms. The predicted octanol–water partition coefficient (Wildman–Crippen LogP) is 1.31. The van der Waals surface area contributed by atoms with Crippen LogP contribution in [0.15, 0.2) is 24.3 Å². The number of carbonyl (C=O) groups excluding carboxylic acids is 1. The van der Waals surface area contributed by atoms with E-state index < -0.39 is 22.0 Å². The molecule has 128 valence electrons. The van der Waals surface area contributed by atoms with Crippen molar-refractivity contribution in [2.45, 2.75) is 32.3 Å². The van der Waals surface area contributed by atoms with Crippen molar-refractivity contribution in [3.05, 3.63) is 29.8 Å². The first-order chi connectivity index (χ1) is 10.8. The first-order valence-electron chi connectivity index (χ1n) is 7.10. The first kappa shape index (κ1) is 17.5. The molecule has 1 aliphatic heterocycles. The summed E-state index contributed by atoms with van der Waals surface area (Å²) < 4.78 is 45.2. The molecule has 1 unspecified atom stereocenters. The topological polar surface area (TPSA) is 114 Å². The molecule has 2 N–H and O–H groups in total. The molecule has 0 spiro atoms. The van der Waals surface area contributed by atoms with Crippen LogP contribution in [0.5, 0.6) is 5.75 Å². The van der Waals surface area contributed by atoms with E-state index in [9.17, 15) is 13.2 Å². The number of carbonyl (C=O) groups is 1. The molecule has 0 saturated carbocycles. The number of hydrogen-bond acceptors (Lipinski definition) is 6. The summed E-state index contributed by atoms with van der Waals surface area (Å²) in [6, 6.07) is 7.07. The highest BCUT2D eigenvalue weighted by molar-refractivity contribution is 7.85. The fraction of sp³-hybridized carbons (Fsp3) is 0.500. The number of alkyl carbamates (subject to hydrolysis) is 1. The van der Waals surface area contributed by atoms with Gasteiger partial charge in [0.25, 0.3) is 10.1 Å². The molecule has 1 aliphatic rings. The van der Waals surface area contributed by atoms with Crippen molar-refractivity contribution in [2.75, 3.05) is 12.3 Å². The van der Waals surface area contributed by atoms with Gasteiger partial charge in [0.05, 0.1) is 5.75 Å². The highest BCUT2D eigenvalue weighted by atomic mass is 32.2. The smallest absolute Gasteiger partial charge is 0.407 e. The van der Waals surface area contributed by atoms with E-state index >= 15 is 0 Å². The highest BCUT2D eigenvalue weighted by Crippen LogP contribution is 2.25. The quantitative estimate of drug-likeness (QED) is 0.415. The van der Waals surface area contributed by atoms with Crippen LogP contribution in [0.4, 0.5) is 4.79 Å². The van der Waals surface area contributed by atoms with Gasteiger partial charge in [-0.15, -0.1) is 0 Å². The predicted molar refractivity (Wildman–Crippen MR) is 80.6 cm³/mol. The maximum Gasteiger partial charge on any atom is 0.407 e. The van der Waals surface area contributed by atoms with Gasteiger partial charge in [-0.1, -0.05) is 12.1 Å². The van der Waals surface area contributed by atoms with Gasteiger partial charge >= 0.3 is 6.09 Å². The van der Waals surface area contributed by atoms with Gasteiger partial charge in [-0.25, -0.2) is 4.79 Å². The van der Waals surface area contributed by atoms with Gasteiger partial charge in [0.15, 0.2) is 0 Å². The van der Waals surface area contributed by atoms with Crippen molar-refractivity contribution < 1.29 is 32.0 Å². The molecule has 1 amide bonds. The molecule has 1 aromatic carbocycles. The third kappa shape index (κ3) is 6.85. The Kier molecular flexibility index (Phi) is 5.80. The molecule has 1 aromatic rings. The molecule has 0 aliphatic carbocycles. The normalized spacial score (nSPS) is 19.9. The van der Waals surface area contributed by atoms with E-state index in [1.165, 1.54) is 0 Å². The van der Waals surface area contributed by atoms with Crippen LogP contribution in [0.1, 0.15) is 18.9 Å². The van der Waals surface area contributed by atoms with E-state index in [0.717, 1.165) is 5.56 Å². The van der Waals surface area contributed by atoms with Crippen molar-refractivity contribution in [3.8, 4) is 5.75 Å². The Hall–Kier alpha value is -1.84. The molecular formula is C14H19NO7S. The maximum absolute atomic E-state index is 11.4. The zero-order chi connectivity index (χ0) is 16.9. The lowest BCUT2D eigenvalue weighted by atomic mass is 10.2.